The van der Waals surface area contributed by atoms with Gasteiger partial charge in [0.1, 0.15) is 11.6 Å². The van der Waals surface area contributed by atoms with Crippen LogP contribution < -0.4 is 33.6 Å². The van der Waals surface area contributed by atoms with Gasteiger partial charge >= 0.3 is 0 Å². The van der Waals surface area contributed by atoms with E-state index in [1.165, 1.54) is 0 Å². The van der Waals surface area contributed by atoms with Crippen molar-refractivity contribution in [1.82, 2.24) is 34.5 Å². The number of hydrogen-bond donors (Lipinski definition) is 6. The lowest BCUT2D eigenvalue weighted by molar-refractivity contribution is 0.928. The van der Waals surface area contributed by atoms with Crippen molar-refractivity contribution >= 4 is 59.2 Å². The second-order valence-corrected chi connectivity index (χ2v) is 6.52. The van der Waals surface area contributed by atoms with Crippen LogP contribution >= 0.6 is 0 Å². The summed E-state index contributed by atoms with van der Waals surface area (Å²) in [6, 6.07) is 11.2. The molecule has 0 aliphatic rings. The van der Waals surface area contributed by atoms with Crippen molar-refractivity contribution in [2.75, 3.05) is 33.6 Å². The lowest BCUT2D eigenvalue weighted by atomic mass is 10.2. The number of benzene rings is 1. The number of aromatic nitrogens is 7. The highest BCUT2D eigenvalue weighted by atomic mass is 15.3. The molecule has 0 bridgehead atoms. The predicted molar refractivity (Wildman–Crippen MR) is 123 cm³/mol. The lowest BCUT2D eigenvalue weighted by Crippen LogP contribution is -2.07. The Bertz CT molecular complexity index is 1240. The highest BCUT2D eigenvalue weighted by Crippen LogP contribution is 2.23. The van der Waals surface area contributed by atoms with E-state index in [9.17, 15) is 0 Å². The average molecular weight is 432 g/mol. The lowest BCUT2D eigenvalue weighted by Gasteiger charge is -2.07. The Morgan fingerprint density at radius 1 is 0.719 bits per heavy atom. The van der Waals surface area contributed by atoms with E-state index in [0.717, 1.165) is 11.3 Å². The monoisotopic (exact) mass is 432 g/mol. The summed E-state index contributed by atoms with van der Waals surface area (Å²) in [6.45, 7) is 0. The van der Waals surface area contributed by atoms with E-state index >= 15 is 0 Å². The molecule has 4 rings (SSSR count). The first-order valence-corrected chi connectivity index (χ1v) is 9.23. The van der Waals surface area contributed by atoms with Crippen LogP contribution in [0.5, 0.6) is 0 Å². The number of hydrogen-bond acceptors (Lipinski definition) is 13. The van der Waals surface area contributed by atoms with Crippen LogP contribution in [-0.4, -0.2) is 40.7 Å². The molecule has 0 aliphatic heterocycles. The Morgan fingerprint density at radius 2 is 1.25 bits per heavy atom. The average Bonchev–Trinajstić information content (AvgIpc) is 3.05. The van der Waals surface area contributed by atoms with Gasteiger partial charge in [-0.3, -0.25) is 0 Å². The fourth-order valence-electron chi connectivity index (χ4n) is 2.72. The van der Waals surface area contributed by atoms with E-state index in [-0.39, 0.29) is 35.7 Å². The minimum Gasteiger partial charge on any atom is -0.368 e. The Hall–Kier alpha value is -5.01. The maximum absolute atomic E-state index is 5.60. The van der Waals surface area contributed by atoms with Gasteiger partial charge in [-0.2, -0.15) is 29.9 Å². The topological polar surface area (TPSA) is 223 Å². The summed E-state index contributed by atoms with van der Waals surface area (Å²) in [5.41, 5.74) is 24.0. The Morgan fingerprint density at radius 3 is 1.81 bits per heavy atom. The van der Waals surface area contributed by atoms with E-state index in [0.29, 0.717) is 11.6 Å². The SMILES string of the molecule is Cn1c(N=Cc2ccc(Nc3nc(N)nc(N)n3)cc2)ccc1Nc1nc(N)nc(N)n1. The van der Waals surface area contributed by atoms with Gasteiger partial charge in [0.15, 0.2) is 0 Å². The quantitative estimate of drug-likeness (QED) is 0.234. The standard InChI is InChI=1S/C18H20N14/c1-32-11(6-7-12(32)25-18-30-15(21)27-16(22)31-18)23-8-9-2-4-10(5-3-9)24-17-28-13(19)26-14(20)29-17/h2-8H,1H3,(H5,19,20,24,26,28,29)(H5,21,22,25,27,30,31). The molecule has 0 aliphatic carbocycles. The van der Waals surface area contributed by atoms with E-state index in [4.69, 9.17) is 22.9 Å². The molecule has 10 N–H and O–H groups in total. The molecule has 1 aromatic carbocycles. The van der Waals surface area contributed by atoms with Gasteiger partial charge in [0, 0.05) is 18.9 Å². The van der Waals surface area contributed by atoms with E-state index in [2.05, 4.69) is 45.5 Å². The zero-order valence-corrected chi connectivity index (χ0v) is 16.9. The molecule has 14 heteroatoms. The van der Waals surface area contributed by atoms with Crippen LogP contribution in [0.4, 0.5) is 53.0 Å². The number of aliphatic imine (C=N–C) groups is 1. The van der Waals surface area contributed by atoms with Crippen LogP contribution in [0.2, 0.25) is 0 Å². The van der Waals surface area contributed by atoms with Crippen LogP contribution in [0.15, 0.2) is 41.4 Å². The van der Waals surface area contributed by atoms with Crippen molar-refractivity contribution < 1.29 is 0 Å². The van der Waals surface area contributed by atoms with Gasteiger partial charge in [-0.1, -0.05) is 12.1 Å². The van der Waals surface area contributed by atoms with Gasteiger partial charge in [-0.15, -0.1) is 0 Å². The Balaban J connectivity index is 1.44. The number of rotatable bonds is 6. The summed E-state index contributed by atoms with van der Waals surface area (Å²) in [5, 5.41) is 6.05. The molecular weight excluding hydrogens is 412 g/mol. The van der Waals surface area contributed by atoms with E-state index in [1.54, 1.807) is 6.21 Å². The summed E-state index contributed by atoms with van der Waals surface area (Å²) >= 11 is 0. The van der Waals surface area contributed by atoms with Crippen LogP contribution in [0.3, 0.4) is 0 Å². The minimum atomic E-state index is 0.0350. The van der Waals surface area contributed by atoms with Gasteiger partial charge < -0.3 is 38.1 Å². The van der Waals surface area contributed by atoms with Crippen molar-refractivity contribution in [3.63, 3.8) is 0 Å². The van der Waals surface area contributed by atoms with Crippen LogP contribution in [0.1, 0.15) is 5.56 Å². The Kier molecular flexibility index (Phi) is 5.31. The molecule has 0 unspecified atom stereocenters. The summed E-state index contributed by atoms with van der Waals surface area (Å²) in [6.07, 6.45) is 1.74. The molecule has 3 aromatic heterocycles. The highest BCUT2D eigenvalue weighted by Gasteiger charge is 2.07. The molecule has 0 atom stereocenters. The smallest absolute Gasteiger partial charge is 0.234 e. The van der Waals surface area contributed by atoms with Gasteiger partial charge in [-0.25, -0.2) is 4.99 Å². The molecule has 0 saturated heterocycles. The number of nitrogens with zero attached hydrogens (tertiary/aromatic N) is 8. The van der Waals surface area contributed by atoms with E-state index in [1.807, 2.05) is 48.0 Å². The van der Waals surface area contributed by atoms with Crippen LogP contribution in [0, 0.1) is 0 Å². The van der Waals surface area contributed by atoms with E-state index < -0.39 is 0 Å². The number of nitrogen functional groups attached to an aromatic ring is 4. The van der Waals surface area contributed by atoms with Crippen molar-refractivity contribution in [2.45, 2.75) is 0 Å². The molecule has 0 radical (unpaired) electrons. The number of nitrogens with two attached hydrogens (primary N) is 4. The molecule has 0 spiro atoms. The number of nitrogens with one attached hydrogen (secondary N) is 2. The van der Waals surface area contributed by atoms with Crippen LogP contribution in [0.25, 0.3) is 0 Å². The molecule has 14 nitrogen and oxygen atoms in total. The zero-order chi connectivity index (χ0) is 22.7. The normalized spacial score (nSPS) is 11.0. The van der Waals surface area contributed by atoms with Gasteiger partial charge in [0.2, 0.25) is 35.7 Å². The maximum Gasteiger partial charge on any atom is 0.234 e. The third-order valence-corrected chi connectivity index (χ3v) is 4.19. The predicted octanol–water partition coefficient (Wildman–Crippen LogP) is 0.962. The Labute approximate surface area is 181 Å². The molecule has 0 saturated carbocycles. The first-order valence-electron chi connectivity index (χ1n) is 9.23. The summed E-state index contributed by atoms with van der Waals surface area (Å²) in [5.74, 6) is 2.09. The number of anilines is 8. The van der Waals surface area contributed by atoms with Crippen molar-refractivity contribution in [3.8, 4) is 0 Å². The third kappa shape index (κ3) is 4.76. The fourth-order valence-corrected chi connectivity index (χ4v) is 2.72. The van der Waals surface area contributed by atoms with Gasteiger partial charge in [-0.05, 0) is 29.8 Å². The van der Waals surface area contributed by atoms with Gasteiger partial charge in [0.05, 0.1) is 0 Å². The largest absolute Gasteiger partial charge is 0.368 e. The fraction of sp³-hybridized carbons (Fsp3) is 0.0556. The molecule has 4 aromatic rings. The highest BCUT2D eigenvalue weighted by molar-refractivity contribution is 5.82. The molecular formula is C18H20N14. The first kappa shape index (κ1) is 20.3. The second-order valence-electron chi connectivity index (χ2n) is 6.52. The summed E-state index contributed by atoms with van der Waals surface area (Å²) in [4.78, 5) is 28.0. The first-order chi connectivity index (χ1) is 15.4. The van der Waals surface area contributed by atoms with Crippen molar-refractivity contribution in [1.29, 1.82) is 0 Å². The second kappa shape index (κ2) is 8.39. The summed E-state index contributed by atoms with van der Waals surface area (Å²) < 4.78 is 1.83. The molecule has 0 fully saturated rings. The maximum atomic E-state index is 5.60. The minimum absolute atomic E-state index is 0.0350. The van der Waals surface area contributed by atoms with Crippen LogP contribution in [-0.2, 0) is 7.05 Å². The third-order valence-electron chi connectivity index (χ3n) is 4.19. The van der Waals surface area contributed by atoms with Crippen molar-refractivity contribution in [2.24, 2.45) is 12.0 Å². The van der Waals surface area contributed by atoms with Gasteiger partial charge in [0.25, 0.3) is 0 Å². The summed E-state index contributed by atoms with van der Waals surface area (Å²) in [7, 11) is 1.85. The molecule has 32 heavy (non-hydrogen) atoms. The zero-order valence-electron chi connectivity index (χ0n) is 16.9. The molecule has 162 valence electrons. The van der Waals surface area contributed by atoms with Crippen molar-refractivity contribution in [3.05, 3.63) is 42.0 Å². The molecule has 3 heterocycles. The molecule has 0 amide bonds.